The summed E-state index contributed by atoms with van der Waals surface area (Å²) in [5.41, 5.74) is 7.47. The molecule has 0 saturated heterocycles. The van der Waals surface area contributed by atoms with Crippen LogP contribution < -0.4 is 10.2 Å². The molecule has 0 radical (unpaired) electrons. The molecule has 1 rings (SSSR count). The lowest BCUT2D eigenvalue weighted by Gasteiger charge is -2.27. The van der Waals surface area contributed by atoms with Crippen molar-refractivity contribution in [1.82, 2.24) is 0 Å². The Kier molecular flexibility index (Phi) is 5.91. The van der Waals surface area contributed by atoms with Crippen LogP contribution in [0.15, 0.2) is 24.3 Å². The Morgan fingerprint density at radius 1 is 1.06 bits per heavy atom. The normalized spacial score (nSPS) is 13.7. The van der Waals surface area contributed by atoms with Gasteiger partial charge in [0.15, 0.2) is 0 Å². The molecule has 0 amide bonds. The molecule has 0 aliphatic carbocycles. The predicted molar refractivity (Wildman–Crippen MR) is 84.0 cm³/mol. The zero-order valence-electron chi connectivity index (χ0n) is 12.3. The average Bonchev–Trinajstić information content (AvgIpc) is 2.14. The minimum atomic E-state index is -1.51. The third-order valence-electron chi connectivity index (χ3n) is 2.60. The standard InChI is InChI=1S/C14H25NOSi.ClH/c1-14(2,3)13(15)11-7-9-12(10-8-11)16-17(4,5)6;/h7-10,13H,15H2,1-6H3;1H/t13-;/m0./s1. The third kappa shape index (κ3) is 5.42. The highest BCUT2D eigenvalue weighted by Gasteiger charge is 2.22. The van der Waals surface area contributed by atoms with Crippen LogP contribution in [0.5, 0.6) is 5.75 Å². The molecule has 2 nitrogen and oxygen atoms in total. The van der Waals surface area contributed by atoms with Gasteiger partial charge in [-0.3, -0.25) is 0 Å². The molecule has 0 heterocycles. The highest BCUT2D eigenvalue weighted by molar-refractivity contribution is 6.70. The third-order valence-corrected chi connectivity index (χ3v) is 3.44. The van der Waals surface area contributed by atoms with E-state index in [2.05, 4.69) is 52.5 Å². The number of hydrogen-bond donors (Lipinski definition) is 1. The molecule has 104 valence electrons. The van der Waals surface area contributed by atoms with E-state index in [4.69, 9.17) is 10.2 Å². The average molecular weight is 288 g/mol. The molecule has 2 N–H and O–H groups in total. The van der Waals surface area contributed by atoms with Gasteiger partial charge in [-0.25, -0.2) is 0 Å². The Bertz CT molecular complexity index is 365. The molecule has 1 atom stereocenters. The molecule has 0 aliphatic rings. The first-order chi connectivity index (χ1) is 7.59. The molecule has 0 unspecified atom stereocenters. The van der Waals surface area contributed by atoms with Gasteiger partial charge in [0.05, 0.1) is 0 Å². The van der Waals surface area contributed by atoms with Crippen molar-refractivity contribution in [2.75, 3.05) is 0 Å². The van der Waals surface area contributed by atoms with E-state index < -0.39 is 8.32 Å². The molecular formula is C14H26ClNOSi. The lowest BCUT2D eigenvalue weighted by Crippen LogP contribution is -2.29. The molecule has 0 bridgehead atoms. The molecule has 1 aromatic rings. The first-order valence-electron chi connectivity index (χ1n) is 6.14. The SMILES string of the molecule is CC(C)(C)[C@@H](N)c1ccc(O[Si](C)(C)C)cc1.Cl. The first-order valence-corrected chi connectivity index (χ1v) is 9.55. The summed E-state index contributed by atoms with van der Waals surface area (Å²) in [4.78, 5) is 0. The fourth-order valence-corrected chi connectivity index (χ4v) is 2.44. The van der Waals surface area contributed by atoms with E-state index in [1.54, 1.807) is 0 Å². The predicted octanol–water partition coefficient (Wildman–Crippen LogP) is 4.37. The van der Waals surface area contributed by atoms with Gasteiger partial charge < -0.3 is 10.2 Å². The van der Waals surface area contributed by atoms with Crippen molar-refractivity contribution in [2.24, 2.45) is 11.1 Å². The Morgan fingerprint density at radius 2 is 1.50 bits per heavy atom. The second-order valence-electron chi connectivity index (χ2n) is 6.63. The van der Waals surface area contributed by atoms with Crippen molar-refractivity contribution in [3.05, 3.63) is 29.8 Å². The van der Waals surface area contributed by atoms with Crippen LogP contribution in [0.2, 0.25) is 19.6 Å². The lowest BCUT2D eigenvalue weighted by atomic mass is 9.83. The van der Waals surface area contributed by atoms with Crippen molar-refractivity contribution in [2.45, 2.75) is 46.5 Å². The van der Waals surface area contributed by atoms with Gasteiger partial charge in [-0.2, -0.15) is 0 Å². The maximum absolute atomic E-state index is 6.22. The number of rotatable bonds is 3. The zero-order valence-corrected chi connectivity index (χ0v) is 14.1. The topological polar surface area (TPSA) is 35.2 Å². The fraction of sp³-hybridized carbons (Fsp3) is 0.571. The summed E-state index contributed by atoms with van der Waals surface area (Å²) in [6, 6.07) is 8.26. The second-order valence-corrected chi connectivity index (χ2v) is 11.1. The van der Waals surface area contributed by atoms with Gasteiger partial charge in [0.2, 0.25) is 8.32 Å². The maximum atomic E-state index is 6.22. The summed E-state index contributed by atoms with van der Waals surface area (Å²) in [6.07, 6.45) is 0. The Hall–Kier alpha value is -0.513. The Balaban J connectivity index is 0.00000289. The largest absolute Gasteiger partial charge is 0.544 e. The van der Waals surface area contributed by atoms with E-state index in [0.29, 0.717) is 0 Å². The fourth-order valence-electron chi connectivity index (χ4n) is 1.60. The van der Waals surface area contributed by atoms with Crippen LogP contribution in [0.25, 0.3) is 0 Å². The van der Waals surface area contributed by atoms with Crippen molar-refractivity contribution in [3.8, 4) is 5.75 Å². The molecular weight excluding hydrogens is 262 g/mol. The van der Waals surface area contributed by atoms with Gasteiger partial charge in [0.1, 0.15) is 5.75 Å². The van der Waals surface area contributed by atoms with E-state index in [1.165, 1.54) is 5.56 Å². The smallest absolute Gasteiger partial charge is 0.242 e. The summed E-state index contributed by atoms with van der Waals surface area (Å²) >= 11 is 0. The molecule has 0 saturated carbocycles. The molecule has 0 aromatic heterocycles. The Morgan fingerprint density at radius 3 is 1.83 bits per heavy atom. The van der Waals surface area contributed by atoms with Crippen molar-refractivity contribution in [3.63, 3.8) is 0 Å². The maximum Gasteiger partial charge on any atom is 0.242 e. The van der Waals surface area contributed by atoms with Gasteiger partial charge in [0, 0.05) is 6.04 Å². The van der Waals surface area contributed by atoms with Gasteiger partial charge in [-0.05, 0) is 42.8 Å². The zero-order chi connectivity index (χ0) is 13.3. The summed E-state index contributed by atoms with van der Waals surface area (Å²) in [5.74, 6) is 0.953. The monoisotopic (exact) mass is 287 g/mol. The molecule has 0 spiro atoms. The minimum absolute atomic E-state index is 0. The molecule has 4 heteroatoms. The van der Waals surface area contributed by atoms with Crippen LogP contribution in [0, 0.1) is 5.41 Å². The number of benzene rings is 1. The van der Waals surface area contributed by atoms with Crippen LogP contribution in [0.3, 0.4) is 0 Å². The lowest BCUT2D eigenvalue weighted by molar-refractivity contribution is 0.327. The summed E-state index contributed by atoms with van der Waals surface area (Å²) < 4.78 is 5.92. The highest BCUT2D eigenvalue weighted by Crippen LogP contribution is 2.31. The Labute approximate surface area is 118 Å². The quantitative estimate of drug-likeness (QED) is 0.838. The summed E-state index contributed by atoms with van der Waals surface area (Å²) in [5, 5.41) is 0. The van der Waals surface area contributed by atoms with Crippen LogP contribution >= 0.6 is 12.4 Å². The van der Waals surface area contributed by atoms with Crippen molar-refractivity contribution < 1.29 is 4.43 Å². The summed E-state index contributed by atoms with van der Waals surface area (Å²) in [6.45, 7) is 13.0. The number of nitrogens with two attached hydrogens (primary N) is 1. The van der Waals surface area contributed by atoms with E-state index in [0.717, 1.165) is 5.75 Å². The van der Waals surface area contributed by atoms with Crippen molar-refractivity contribution in [1.29, 1.82) is 0 Å². The van der Waals surface area contributed by atoms with Crippen LogP contribution in [0.1, 0.15) is 32.4 Å². The molecule has 0 fully saturated rings. The number of hydrogen-bond acceptors (Lipinski definition) is 2. The summed E-state index contributed by atoms with van der Waals surface area (Å²) in [7, 11) is -1.51. The van der Waals surface area contributed by atoms with Gasteiger partial charge in [0.25, 0.3) is 0 Å². The minimum Gasteiger partial charge on any atom is -0.544 e. The van der Waals surface area contributed by atoms with E-state index >= 15 is 0 Å². The van der Waals surface area contributed by atoms with Crippen LogP contribution in [-0.2, 0) is 0 Å². The van der Waals surface area contributed by atoms with E-state index in [-0.39, 0.29) is 23.9 Å². The van der Waals surface area contributed by atoms with Crippen LogP contribution in [-0.4, -0.2) is 8.32 Å². The van der Waals surface area contributed by atoms with Crippen LogP contribution in [0.4, 0.5) is 0 Å². The molecule has 1 aromatic carbocycles. The first kappa shape index (κ1) is 17.5. The molecule has 0 aliphatic heterocycles. The van der Waals surface area contributed by atoms with E-state index in [9.17, 15) is 0 Å². The van der Waals surface area contributed by atoms with Gasteiger partial charge in [-0.15, -0.1) is 12.4 Å². The molecule has 18 heavy (non-hydrogen) atoms. The van der Waals surface area contributed by atoms with Crippen molar-refractivity contribution >= 4 is 20.7 Å². The second kappa shape index (κ2) is 6.09. The number of halogens is 1. The van der Waals surface area contributed by atoms with Gasteiger partial charge in [-0.1, -0.05) is 32.9 Å². The highest BCUT2D eigenvalue weighted by atomic mass is 35.5. The van der Waals surface area contributed by atoms with E-state index in [1.807, 2.05) is 12.1 Å². The van der Waals surface area contributed by atoms with Gasteiger partial charge >= 0.3 is 0 Å².